The van der Waals surface area contributed by atoms with Gasteiger partial charge in [-0.1, -0.05) is 97.1 Å². The van der Waals surface area contributed by atoms with Crippen LogP contribution in [0.1, 0.15) is 73.4 Å². The van der Waals surface area contributed by atoms with Gasteiger partial charge in [0.15, 0.2) is 5.78 Å². The minimum atomic E-state index is -0.629. The summed E-state index contributed by atoms with van der Waals surface area (Å²) >= 11 is 0. The molecule has 0 aromatic heterocycles. The Kier molecular flexibility index (Phi) is 18.9. The molecule has 1 aliphatic heterocycles. The molecule has 62 heavy (non-hydrogen) atoms. The molecule has 1 heterocycles. The lowest BCUT2D eigenvalue weighted by atomic mass is 9.94. The van der Waals surface area contributed by atoms with Crippen molar-refractivity contribution in [2.24, 2.45) is 0 Å². The number of ketones is 1. The third kappa shape index (κ3) is 14.5. The van der Waals surface area contributed by atoms with Crippen molar-refractivity contribution in [2.45, 2.75) is 32.2 Å². The number of unbranched alkanes of at least 4 members (excludes halogenated alkanes) is 2. The number of carbonyl (C=O) groups is 6. The number of nitrogens with zero attached hydrogens (tertiary/aromatic N) is 1. The number of carbonyl (C=O) groups excluding carboxylic acids is 6. The Morgan fingerprint density at radius 3 is 1.89 bits per heavy atom. The highest BCUT2D eigenvalue weighted by Crippen LogP contribution is 2.30. The number of hydrogen-bond acceptors (Lipinski definition) is 11. The quantitative estimate of drug-likeness (QED) is 0.0131. The predicted molar refractivity (Wildman–Crippen MR) is 231 cm³/mol. The topological polar surface area (TPSA) is 235 Å². The summed E-state index contributed by atoms with van der Waals surface area (Å²) < 4.78 is 0. The van der Waals surface area contributed by atoms with Crippen molar-refractivity contribution in [3.8, 4) is 11.8 Å². The van der Waals surface area contributed by atoms with E-state index in [4.69, 9.17) is 20.7 Å². The number of rotatable bonds is 14. The van der Waals surface area contributed by atoms with E-state index in [1.807, 2.05) is 66.7 Å². The van der Waals surface area contributed by atoms with E-state index in [-0.39, 0.29) is 24.0 Å². The minimum Gasteiger partial charge on any atom is -0.388 e. The molecule has 0 saturated carbocycles. The number of nitrogens with one attached hydrogen (secondary N) is 4. The summed E-state index contributed by atoms with van der Waals surface area (Å²) in [5, 5.41) is 38.6. The zero-order chi connectivity index (χ0) is 44.7. The van der Waals surface area contributed by atoms with Gasteiger partial charge in [0.05, 0.1) is 0 Å². The molecule has 8 N–H and O–H groups in total. The molecule has 318 valence electrons. The first kappa shape index (κ1) is 46.9. The minimum absolute atomic E-state index is 0.223. The van der Waals surface area contributed by atoms with Crippen molar-refractivity contribution >= 4 is 57.9 Å². The van der Waals surface area contributed by atoms with Crippen LogP contribution in [-0.2, 0) is 20.9 Å². The second-order valence-electron chi connectivity index (χ2n) is 13.3. The lowest BCUT2D eigenvalue weighted by Gasteiger charge is -2.27. The standard InChI is InChI=1S/C18H18N2O4.C18H16N2O2.C11H11NO4/c21-15(19-24)10-2-1-3-11-20-17(22)13-8-4-6-12-7-5-9-14(16(12)13)18(20)23;21-18(20-22)9-5-4-6-15-10-12-17(13-11-15)19-14-16-7-2-1-3-8-16;13-7-10(14)9-4-1-8(2-5-9)3-6-11(15)12-16/h4-9,24H,1-3,10-11H2,(H,19,21);1-3,5,7-13,19,22H,14H2,(H,20,21);1-6,13,16H,7H2,(H,12,15)/b;9-5+;6-3+. The van der Waals surface area contributed by atoms with E-state index in [9.17, 15) is 28.8 Å². The Bertz CT molecular complexity index is 2410. The SMILES string of the molecule is O=C(/C=C/C#Cc1ccc(NCc2ccccc2)cc1)NO.O=C(/C=C/c1ccc(C(=O)CO)cc1)NO.O=C(CCCCCN1C(=O)c2cccc3cccc(c23)C1=O)NO. The first-order chi connectivity index (χ1) is 30.1. The highest BCUT2D eigenvalue weighted by atomic mass is 16.5. The molecule has 0 aliphatic carbocycles. The van der Waals surface area contributed by atoms with Gasteiger partial charge in [-0.3, -0.25) is 49.3 Å². The van der Waals surface area contributed by atoms with E-state index in [0.717, 1.165) is 40.7 Å². The molecule has 0 unspecified atom stereocenters. The summed E-state index contributed by atoms with van der Waals surface area (Å²) in [5.41, 5.74) is 9.86. The molecule has 15 heteroatoms. The molecule has 0 radical (unpaired) electrons. The van der Waals surface area contributed by atoms with Crippen LogP contribution in [0.2, 0.25) is 0 Å². The number of anilines is 1. The number of hydroxylamine groups is 3. The lowest BCUT2D eigenvalue weighted by molar-refractivity contribution is -0.129. The first-order valence-electron chi connectivity index (χ1n) is 19.3. The third-order valence-electron chi connectivity index (χ3n) is 9.05. The molecule has 0 atom stereocenters. The van der Waals surface area contributed by atoms with Crippen molar-refractivity contribution < 1.29 is 49.5 Å². The molecule has 5 amide bonds. The number of Topliss-reactive ketones (excluding diaryl/α,β-unsaturated/α-hetero) is 1. The summed E-state index contributed by atoms with van der Waals surface area (Å²) in [5.74, 6) is 3.07. The van der Waals surface area contributed by atoms with Gasteiger partial charge in [0.2, 0.25) is 5.91 Å². The van der Waals surface area contributed by atoms with E-state index in [0.29, 0.717) is 48.1 Å². The van der Waals surface area contributed by atoms with Crippen LogP contribution in [0.5, 0.6) is 0 Å². The van der Waals surface area contributed by atoms with Gasteiger partial charge in [0, 0.05) is 65.0 Å². The molecular formula is C47H45N5O10. The number of amides is 5. The van der Waals surface area contributed by atoms with E-state index >= 15 is 0 Å². The van der Waals surface area contributed by atoms with Crippen molar-refractivity contribution in [1.29, 1.82) is 0 Å². The molecule has 0 fully saturated rings. The summed E-state index contributed by atoms with van der Waals surface area (Å²) in [4.78, 5) is 70.0. The number of hydrogen-bond donors (Lipinski definition) is 8. The van der Waals surface area contributed by atoms with Crippen molar-refractivity contribution in [1.82, 2.24) is 21.3 Å². The maximum absolute atomic E-state index is 12.6. The van der Waals surface area contributed by atoms with Crippen molar-refractivity contribution in [3.63, 3.8) is 0 Å². The molecule has 0 saturated heterocycles. The maximum atomic E-state index is 12.6. The molecular weight excluding hydrogens is 795 g/mol. The Morgan fingerprint density at radius 2 is 1.29 bits per heavy atom. The normalized spacial score (nSPS) is 11.4. The average Bonchev–Trinajstić information content (AvgIpc) is 3.32. The number of imide groups is 1. The van der Waals surface area contributed by atoms with E-state index in [1.165, 1.54) is 33.6 Å². The maximum Gasteiger partial charge on any atom is 0.267 e. The van der Waals surface area contributed by atoms with Gasteiger partial charge >= 0.3 is 0 Å². The van der Waals surface area contributed by atoms with Crippen LogP contribution in [0, 0.1) is 11.8 Å². The van der Waals surface area contributed by atoms with Crippen LogP contribution < -0.4 is 21.8 Å². The highest BCUT2D eigenvalue weighted by molar-refractivity contribution is 6.25. The van der Waals surface area contributed by atoms with Crippen LogP contribution >= 0.6 is 0 Å². The Balaban J connectivity index is 0.000000209. The summed E-state index contributed by atoms with van der Waals surface area (Å²) in [6, 6.07) is 35.2. The zero-order valence-electron chi connectivity index (χ0n) is 33.4. The summed E-state index contributed by atoms with van der Waals surface area (Å²) in [7, 11) is 0. The smallest absolute Gasteiger partial charge is 0.267 e. The average molecular weight is 840 g/mol. The van der Waals surface area contributed by atoms with Crippen molar-refractivity contribution in [3.05, 3.63) is 167 Å². The monoisotopic (exact) mass is 839 g/mol. The second kappa shape index (κ2) is 25.0. The lowest BCUT2D eigenvalue weighted by Crippen LogP contribution is -2.40. The van der Waals surface area contributed by atoms with Gasteiger partial charge in [-0.05, 0) is 77.9 Å². The largest absolute Gasteiger partial charge is 0.388 e. The number of aliphatic hydroxyl groups is 1. The zero-order valence-corrected chi connectivity index (χ0v) is 33.4. The number of allylic oxidation sites excluding steroid dienone is 1. The third-order valence-corrected chi connectivity index (χ3v) is 9.05. The highest BCUT2D eigenvalue weighted by Gasteiger charge is 2.32. The van der Waals surface area contributed by atoms with Gasteiger partial charge in [0.25, 0.3) is 23.6 Å². The number of benzene rings is 5. The van der Waals surface area contributed by atoms with Crippen LogP contribution in [0.4, 0.5) is 5.69 Å². The first-order valence-corrected chi connectivity index (χ1v) is 19.3. The fourth-order valence-electron chi connectivity index (χ4n) is 5.90. The van der Waals surface area contributed by atoms with Gasteiger partial charge in [0.1, 0.15) is 6.61 Å². The second-order valence-corrected chi connectivity index (χ2v) is 13.3. The van der Waals surface area contributed by atoms with Gasteiger partial charge in [-0.15, -0.1) is 0 Å². The Morgan fingerprint density at radius 1 is 0.661 bits per heavy atom. The molecule has 15 nitrogen and oxygen atoms in total. The van der Waals surface area contributed by atoms with Gasteiger partial charge in [-0.2, -0.15) is 0 Å². The van der Waals surface area contributed by atoms with E-state index in [2.05, 4.69) is 29.3 Å². The van der Waals surface area contributed by atoms with Gasteiger partial charge in [-0.25, -0.2) is 16.4 Å². The van der Waals surface area contributed by atoms with Gasteiger partial charge < -0.3 is 10.4 Å². The molecule has 6 rings (SSSR count). The van der Waals surface area contributed by atoms with Crippen LogP contribution in [0.25, 0.3) is 16.8 Å². The molecule has 5 aromatic carbocycles. The Labute approximate surface area is 357 Å². The fourth-order valence-corrected chi connectivity index (χ4v) is 5.90. The van der Waals surface area contributed by atoms with E-state index < -0.39 is 24.3 Å². The summed E-state index contributed by atoms with van der Waals surface area (Å²) in [6.07, 6.45) is 7.30. The van der Waals surface area contributed by atoms with Crippen molar-refractivity contribution in [2.75, 3.05) is 18.5 Å². The predicted octanol–water partition coefficient (Wildman–Crippen LogP) is 5.59. The van der Waals surface area contributed by atoms with E-state index in [1.54, 1.807) is 41.9 Å². The fraction of sp³-hybridized carbons (Fsp3) is 0.149. The molecule has 1 aliphatic rings. The van der Waals surface area contributed by atoms with Crippen LogP contribution in [-0.4, -0.2) is 74.1 Å². The van der Waals surface area contributed by atoms with Crippen LogP contribution in [0.3, 0.4) is 0 Å². The number of aliphatic hydroxyl groups excluding tert-OH is 1. The molecule has 0 spiro atoms. The van der Waals surface area contributed by atoms with Crippen LogP contribution in [0.15, 0.2) is 133 Å². The Hall–Kier alpha value is -7.74. The molecule has 0 bridgehead atoms. The molecule has 5 aromatic rings. The summed E-state index contributed by atoms with van der Waals surface area (Å²) in [6.45, 7) is 0.566.